The van der Waals surface area contributed by atoms with Gasteiger partial charge in [0, 0.05) is 38.8 Å². The molecule has 0 bridgehead atoms. The predicted molar refractivity (Wildman–Crippen MR) is 103 cm³/mol. The van der Waals surface area contributed by atoms with E-state index in [1.54, 1.807) is 6.20 Å². The first-order valence-electron chi connectivity index (χ1n) is 9.93. The second-order valence-corrected chi connectivity index (χ2v) is 7.65. The summed E-state index contributed by atoms with van der Waals surface area (Å²) in [6, 6.07) is 9.89. The molecular weight excluding hydrogens is 358 g/mol. The van der Waals surface area contributed by atoms with Crippen molar-refractivity contribution >= 4 is 5.91 Å². The van der Waals surface area contributed by atoms with Crippen molar-refractivity contribution in [2.45, 2.75) is 31.0 Å². The Morgan fingerprint density at radius 2 is 1.96 bits per heavy atom. The van der Waals surface area contributed by atoms with Gasteiger partial charge in [0.2, 0.25) is 0 Å². The molecule has 2 aromatic rings. The maximum absolute atomic E-state index is 12.5. The molecule has 8 heteroatoms. The van der Waals surface area contributed by atoms with Crippen LogP contribution >= 0.6 is 0 Å². The maximum atomic E-state index is 12.5. The molecule has 1 unspecified atom stereocenters. The van der Waals surface area contributed by atoms with Crippen molar-refractivity contribution in [1.82, 2.24) is 19.9 Å². The summed E-state index contributed by atoms with van der Waals surface area (Å²) in [5, 5.41) is 3.03. The first-order chi connectivity index (χ1) is 13.8. The normalized spacial score (nSPS) is 23.4. The molecule has 0 spiro atoms. The molecule has 0 saturated carbocycles. The Morgan fingerprint density at radius 1 is 1.18 bits per heavy atom. The number of likely N-dealkylation sites (tertiary alicyclic amines) is 1. The van der Waals surface area contributed by atoms with Crippen LogP contribution in [0.2, 0.25) is 0 Å². The molecule has 0 aliphatic carbocycles. The first kappa shape index (κ1) is 17.5. The fourth-order valence-electron chi connectivity index (χ4n) is 4.11. The van der Waals surface area contributed by atoms with E-state index in [9.17, 15) is 4.79 Å². The summed E-state index contributed by atoms with van der Waals surface area (Å²) in [6.45, 7) is 3.93. The molecule has 4 heterocycles. The van der Waals surface area contributed by atoms with Crippen LogP contribution < -0.4 is 15.5 Å². The molecule has 3 aliphatic rings. The van der Waals surface area contributed by atoms with Gasteiger partial charge in [-0.15, -0.1) is 0 Å². The molecule has 1 aromatic carbocycles. The lowest BCUT2D eigenvalue weighted by Crippen LogP contribution is -2.61. The summed E-state index contributed by atoms with van der Waals surface area (Å²) < 4.78 is 13.3. The van der Waals surface area contributed by atoms with Crippen LogP contribution in [0, 0.1) is 0 Å². The summed E-state index contributed by atoms with van der Waals surface area (Å²) >= 11 is 0. The molecule has 2 saturated heterocycles. The third-order valence-electron chi connectivity index (χ3n) is 5.61. The average molecular weight is 383 g/mol. The Morgan fingerprint density at radius 3 is 2.75 bits per heavy atom. The minimum Gasteiger partial charge on any atom is -0.488 e. The van der Waals surface area contributed by atoms with Gasteiger partial charge < -0.3 is 20.2 Å². The zero-order valence-corrected chi connectivity index (χ0v) is 15.7. The molecule has 1 aromatic heterocycles. The second-order valence-electron chi connectivity index (χ2n) is 7.65. The Balaban J connectivity index is 1.19. The minimum atomic E-state index is -0.148. The van der Waals surface area contributed by atoms with Crippen molar-refractivity contribution in [3.05, 3.63) is 48.0 Å². The monoisotopic (exact) mass is 383 g/mol. The van der Waals surface area contributed by atoms with Crippen molar-refractivity contribution in [2.75, 3.05) is 38.3 Å². The summed E-state index contributed by atoms with van der Waals surface area (Å²) in [5.74, 6) is 2.09. The van der Waals surface area contributed by atoms with Gasteiger partial charge >= 0.3 is 0 Å². The Bertz CT molecular complexity index is 828. The van der Waals surface area contributed by atoms with Crippen LogP contribution in [0.3, 0.4) is 0 Å². The molecule has 5 rings (SSSR count). The maximum Gasteiger partial charge on any atom is 0.273 e. The number of carbonyl (C=O) groups excluding carboxylic acids is 1. The molecule has 148 valence electrons. The van der Waals surface area contributed by atoms with E-state index in [1.807, 2.05) is 35.0 Å². The number of nitrogens with one attached hydrogen (secondary N) is 2. The van der Waals surface area contributed by atoms with Crippen molar-refractivity contribution in [1.29, 1.82) is 0 Å². The molecule has 2 fully saturated rings. The van der Waals surface area contributed by atoms with E-state index in [1.165, 1.54) is 0 Å². The number of benzene rings is 1. The van der Waals surface area contributed by atoms with Crippen molar-refractivity contribution < 1.29 is 14.3 Å². The molecule has 2 N–H and O–H groups in total. The van der Waals surface area contributed by atoms with Gasteiger partial charge in [-0.05, 0) is 25.0 Å². The number of ether oxygens (including phenoxy) is 2. The predicted octanol–water partition coefficient (Wildman–Crippen LogP) is 1.15. The fraction of sp³-hybridized carbons (Fsp3) is 0.500. The number of hydrogen-bond donors (Lipinski definition) is 2. The molecule has 1 atom stereocenters. The van der Waals surface area contributed by atoms with Crippen LogP contribution in [0.5, 0.6) is 5.75 Å². The number of aromatic nitrogens is 2. The minimum absolute atomic E-state index is 0.0767. The third-order valence-corrected chi connectivity index (χ3v) is 5.61. The standard InChI is InChI=1S/C20H25N5O3/c26-20-17-10-21-19(14-6-8-27-9-7-14)25(17)23-18(22-20)13-24-11-16(12-24)28-15-4-2-1-3-5-15/h1-5,10,14,16,18,23H,6-9,11-13H2,(H,22,26). The summed E-state index contributed by atoms with van der Waals surface area (Å²) in [7, 11) is 0. The zero-order valence-electron chi connectivity index (χ0n) is 15.7. The largest absolute Gasteiger partial charge is 0.488 e. The van der Waals surface area contributed by atoms with Crippen LogP contribution in [0.25, 0.3) is 0 Å². The molecular formula is C20H25N5O3. The molecule has 8 nitrogen and oxygen atoms in total. The van der Waals surface area contributed by atoms with E-state index in [0.717, 1.165) is 57.3 Å². The number of hydrogen-bond acceptors (Lipinski definition) is 6. The van der Waals surface area contributed by atoms with E-state index in [0.29, 0.717) is 11.6 Å². The summed E-state index contributed by atoms with van der Waals surface area (Å²) in [4.78, 5) is 19.3. The Hall–Kier alpha value is -2.58. The van der Waals surface area contributed by atoms with Gasteiger partial charge in [0.1, 0.15) is 29.5 Å². The van der Waals surface area contributed by atoms with Crippen molar-refractivity contribution in [2.24, 2.45) is 0 Å². The summed E-state index contributed by atoms with van der Waals surface area (Å²) in [6.07, 6.45) is 3.59. The number of imidazole rings is 1. The van der Waals surface area contributed by atoms with Gasteiger partial charge in [-0.2, -0.15) is 0 Å². The van der Waals surface area contributed by atoms with Gasteiger partial charge in [-0.25, -0.2) is 9.66 Å². The lowest BCUT2D eigenvalue weighted by molar-refractivity contribution is 0.0145. The van der Waals surface area contributed by atoms with Crippen molar-refractivity contribution in [3.63, 3.8) is 0 Å². The topological polar surface area (TPSA) is 80.7 Å². The number of fused-ring (bicyclic) bond motifs is 1. The quantitative estimate of drug-likeness (QED) is 0.806. The SMILES string of the molecule is O=C1NC(CN2CC(Oc3ccccc3)C2)Nn2c1cnc2C1CCOCC1. The molecule has 3 aliphatic heterocycles. The van der Waals surface area contributed by atoms with E-state index in [-0.39, 0.29) is 18.2 Å². The highest BCUT2D eigenvalue weighted by Gasteiger charge is 2.34. The zero-order chi connectivity index (χ0) is 18.9. The van der Waals surface area contributed by atoms with Crippen LogP contribution in [0.15, 0.2) is 36.5 Å². The van der Waals surface area contributed by atoms with E-state index in [4.69, 9.17) is 9.47 Å². The van der Waals surface area contributed by atoms with Gasteiger partial charge in [-0.3, -0.25) is 9.69 Å². The fourth-order valence-corrected chi connectivity index (χ4v) is 4.11. The third kappa shape index (κ3) is 3.45. The Kier molecular flexibility index (Phi) is 4.66. The number of para-hydroxylation sites is 1. The smallest absolute Gasteiger partial charge is 0.273 e. The number of rotatable bonds is 5. The Labute approximate surface area is 163 Å². The van der Waals surface area contributed by atoms with Crippen LogP contribution in [-0.2, 0) is 4.74 Å². The number of nitrogens with zero attached hydrogens (tertiary/aromatic N) is 3. The highest BCUT2D eigenvalue weighted by Crippen LogP contribution is 2.27. The molecule has 28 heavy (non-hydrogen) atoms. The van der Waals surface area contributed by atoms with Crippen molar-refractivity contribution in [3.8, 4) is 5.75 Å². The van der Waals surface area contributed by atoms with Crippen LogP contribution in [0.4, 0.5) is 0 Å². The highest BCUT2D eigenvalue weighted by atomic mass is 16.5. The second kappa shape index (κ2) is 7.44. The van der Waals surface area contributed by atoms with E-state index in [2.05, 4.69) is 20.6 Å². The summed E-state index contributed by atoms with van der Waals surface area (Å²) in [5.41, 5.74) is 4.01. The average Bonchev–Trinajstić information content (AvgIpc) is 3.12. The van der Waals surface area contributed by atoms with Crippen LogP contribution in [-0.4, -0.2) is 65.6 Å². The van der Waals surface area contributed by atoms with Crippen LogP contribution in [0.1, 0.15) is 35.1 Å². The number of amides is 1. The molecule has 1 amide bonds. The lowest BCUT2D eigenvalue weighted by Gasteiger charge is -2.42. The van der Waals surface area contributed by atoms with Gasteiger partial charge in [0.15, 0.2) is 0 Å². The van der Waals surface area contributed by atoms with E-state index < -0.39 is 0 Å². The lowest BCUT2D eigenvalue weighted by atomic mass is 10.00. The van der Waals surface area contributed by atoms with Gasteiger partial charge in [0.25, 0.3) is 5.91 Å². The number of carbonyl (C=O) groups is 1. The van der Waals surface area contributed by atoms with E-state index >= 15 is 0 Å². The van der Waals surface area contributed by atoms with Gasteiger partial charge in [0.05, 0.1) is 6.20 Å². The highest BCUT2D eigenvalue weighted by molar-refractivity contribution is 5.93. The first-order valence-corrected chi connectivity index (χ1v) is 9.93. The molecule has 0 radical (unpaired) electrons. The van der Waals surface area contributed by atoms with Gasteiger partial charge in [-0.1, -0.05) is 18.2 Å².